The fourth-order valence-electron chi connectivity index (χ4n) is 3.86. The van der Waals surface area contributed by atoms with Gasteiger partial charge in [0.2, 0.25) is 0 Å². The fraction of sp³-hybridized carbons (Fsp3) is 0.688. The molecular formula is C16H25N3OS. The number of hydrazine groups is 1. The zero-order chi connectivity index (χ0) is 14.7. The van der Waals surface area contributed by atoms with Crippen molar-refractivity contribution < 1.29 is 4.79 Å². The van der Waals surface area contributed by atoms with Crippen LogP contribution in [0.1, 0.15) is 59.5 Å². The molecule has 2 aliphatic rings. The Bertz CT molecular complexity index is 483. The first-order chi connectivity index (χ1) is 10.2. The molecule has 0 aromatic carbocycles. The first kappa shape index (κ1) is 15.0. The summed E-state index contributed by atoms with van der Waals surface area (Å²) in [6, 6.07) is 3.93. The van der Waals surface area contributed by atoms with Gasteiger partial charge in [0.15, 0.2) is 0 Å². The number of likely N-dealkylation sites (tertiary alicyclic amines) is 1. The Morgan fingerprint density at radius 1 is 1.19 bits per heavy atom. The van der Waals surface area contributed by atoms with Crippen molar-refractivity contribution in [2.24, 2.45) is 11.3 Å². The summed E-state index contributed by atoms with van der Waals surface area (Å²) in [5.74, 6) is 4.98. The van der Waals surface area contributed by atoms with Crippen molar-refractivity contribution in [3.05, 3.63) is 21.9 Å². The molecule has 1 saturated carbocycles. The lowest BCUT2D eigenvalue weighted by Crippen LogP contribution is -2.40. The lowest BCUT2D eigenvalue weighted by molar-refractivity contribution is 0.0646. The lowest BCUT2D eigenvalue weighted by Gasteiger charge is -2.44. The molecule has 3 N–H and O–H groups in total. The Balaban J connectivity index is 1.53. The van der Waals surface area contributed by atoms with E-state index in [0.717, 1.165) is 6.54 Å². The Labute approximate surface area is 130 Å². The maximum absolute atomic E-state index is 11.5. The molecule has 3 rings (SSSR count). The predicted octanol–water partition coefficient (Wildman–Crippen LogP) is 2.90. The number of hydrogen-bond donors (Lipinski definition) is 2. The first-order valence-corrected chi connectivity index (χ1v) is 8.84. The van der Waals surface area contributed by atoms with Crippen LogP contribution in [0.15, 0.2) is 12.1 Å². The van der Waals surface area contributed by atoms with Crippen LogP contribution in [-0.2, 0) is 6.54 Å². The van der Waals surface area contributed by atoms with E-state index in [1.54, 1.807) is 11.3 Å². The minimum absolute atomic E-state index is 0.189. The van der Waals surface area contributed by atoms with Gasteiger partial charge >= 0.3 is 0 Å². The average Bonchev–Trinajstić information content (AvgIpc) is 2.98. The third-order valence-electron chi connectivity index (χ3n) is 5.23. The number of nitrogen functional groups attached to an aromatic ring is 1. The van der Waals surface area contributed by atoms with Gasteiger partial charge in [-0.2, -0.15) is 0 Å². The molecule has 21 heavy (non-hydrogen) atoms. The molecule has 0 bridgehead atoms. The molecule has 1 aromatic heterocycles. The SMILES string of the molecule is NNC(=O)c1ccc(CN2CCC3(CCCCC3)CC2)s1. The largest absolute Gasteiger partial charge is 0.298 e. The number of nitrogens with zero attached hydrogens (tertiary/aromatic N) is 1. The quantitative estimate of drug-likeness (QED) is 0.513. The molecule has 0 atom stereocenters. The topological polar surface area (TPSA) is 58.4 Å². The number of rotatable bonds is 3. The van der Waals surface area contributed by atoms with Crippen LogP contribution >= 0.6 is 11.3 Å². The molecule has 1 aliphatic heterocycles. The van der Waals surface area contributed by atoms with Crippen LogP contribution in [0.4, 0.5) is 0 Å². The minimum Gasteiger partial charge on any atom is -0.298 e. The minimum atomic E-state index is -0.189. The number of nitrogens with one attached hydrogen (secondary N) is 1. The van der Waals surface area contributed by atoms with Gasteiger partial charge in [-0.05, 0) is 56.3 Å². The Morgan fingerprint density at radius 2 is 1.90 bits per heavy atom. The van der Waals surface area contributed by atoms with Crippen LogP contribution in [0.25, 0.3) is 0 Å². The highest BCUT2D eigenvalue weighted by Crippen LogP contribution is 2.44. The maximum atomic E-state index is 11.5. The summed E-state index contributed by atoms with van der Waals surface area (Å²) in [5, 5.41) is 0. The maximum Gasteiger partial charge on any atom is 0.275 e. The second-order valence-electron chi connectivity index (χ2n) is 6.58. The number of carbonyl (C=O) groups excluding carboxylic acids is 1. The van der Waals surface area contributed by atoms with Crippen molar-refractivity contribution in [3.63, 3.8) is 0 Å². The van der Waals surface area contributed by atoms with E-state index in [1.807, 2.05) is 6.07 Å². The van der Waals surface area contributed by atoms with Gasteiger partial charge in [-0.25, -0.2) is 5.84 Å². The normalized spacial score (nSPS) is 22.3. The standard InChI is InChI=1S/C16H25N3OS/c17-18-15(20)14-5-4-13(21-14)12-19-10-8-16(9-11-19)6-2-1-3-7-16/h4-5H,1-3,6-12,17H2,(H,18,20). The van der Waals surface area contributed by atoms with Crippen LogP contribution in [0.5, 0.6) is 0 Å². The second kappa shape index (κ2) is 6.46. The lowest BCUT2D eigenvalue weighted by atomic mass is 9.68. The summed E-state index contributed by atoms with van der Waals surface area (Å²) in [5.41, 5.74) is 2.86. The molecule has 4 nitrogen and oxygen atoms in total. The van der Waals surface area contributed by atoms with Crippen molar-refractivity contribution in [2.45, 2.75) is 51.5 Å². The average molecular weight is 307 g/mol. The van der Waals surface area contributed by atoms with E-state index >= 15 is 0 Å². The predicted molar refractivity (Wildman–Crippen MR) is 86.0 cm³/mol. The van der Waals surface area contributed by atoms with Gasteiger partial charge < -0.3 is 0 Å². The molecular weight excluding hydrogens is 282 g/mol. The Kier molecular flexibility index (Phi) is 4.62. The van der Waals surface area contributed by atoms with Crippen molar-refractivity contribution in [2.75, 3.05) is 13.1 Å². The molecule has 116 valence electrons. The van der Waals surface area contributed by atoms with Crippen molar-refractivity contribution in [1.29, 1.82) is 0 Å². The van der Waals surface area contributed by atoms with Crippen LogP contribution in [-0.4, -0.2) is 23.9 Å². The monoisotopic (exact) mass is 307 g/mol. The van der Waals surface area contributed by atoms with E-state index in [1.165, 1.54) is 62.9 Å². The molecule has 1 aliphatic carbocycles. The molecule has 1 saturated heterocycles. The number of nitrogens with two attached hydrogens (primary N) is 1. The van der Waals surface area contributed by atoms with Crippen LogP contribution in [0.2, 0.25) is 0 Å². The van der Waals surface area contributed by atoms with Gasteiger partial charge in [-0.15, -0.1) is 11.3 Å². The molecule has 0 unspecified atom stereocenters. The molecule has 1 spiro atoms. The third-order valence-corrected chi connectivity index (χ3v) is 6.30. The highest BCUT2D eigenvalue weighted by molar-refractivity contribution is 7.14. The van der Waals surface area contributed by atoms with Crippen LogP contribution in [0.3, 0.4) is 0 Å². The summed E-state index contributed by atoms with van der Waals surface area (Å²) in [6.45, 7) is 3.38. The number of amides is 1. The summed E-state index contributed by atoms with van der Waals surface area (Å²) in [7, 11) is 0. The molecule has 0 radical (unpaired) electrons. The Hall–Kier alpha value is -0.910. The number of piperidine rings is 1. The van der Waals surface area contributed by atoms with E-state index in [4.69, 9.17) is 5.84 Å². The van der Waals surface area contributed by atoms with E-state index in [-0.39, 0.29) is 5.91 Å². The van der Waals surface area contributed by atoms with Gasteiger partial charge in [0, 0.05) is 11.4 Å². The highest BCUT2D eigenvalue weighted by atomic mass is 32.1. The van der Waals surface area contributed by atoms with Crippen molar-refractivity contribution >= 4 is 17.2 Å². The van der Waals surface area contributed by atoms with E-state index in [2.05, 4.69) is 16.4 Å². The third kappa shape index (κ3) is 3.47. The molecule has 2 fully saturated rings. The molecule has 1 amide bonds. The Morgan fingerprint density at radius 3 is 2.57 bits per heavy atom. The van der Waals surface area contributed by atoms with Gasteiger partial charge in [0.25, 0.3) is 5.91 Å². The number of hydrogen-bond acceptors (Lipinski definition) is 4. The van der Waals surface area contributed by atoms with Gasteiger partial charge in [0.05, 0.1) is 4.88 Å². The summed E-state index contributed by atoms with van der Waals surface area (Å²) >= 11 is 1.55. The van der Waals surface area contributed by atoms with E-state index in [0.29, 0.717) is 10.3 Å². The van der Waals surface area contributed by atoms with E-state index < -0.39 is 0 Å². The summed E-state index contributed by atoms with van der Waals surface area (Å²) in [6.07, 6.45) is 9.90. The smallest absolute Gasteiger partial charge is 0.275 e. The highest BCUT2D eigenvalue weighted by Gasteiger charge is 2.35. The molecule has 2 heterocycles. The van der Waals surface area contributed by atoms with Crippen LogP contribution in [0, 0.1) is 5.41 Å². The van der Waals surface area contributed by atoms with Crippen molar-refractivity contribution in [1.82, 2.24) is 10.3 Å². The molecule has 5 heteroatoms. The summed E-state index contributed by atoms with van der Waals surface area (Å²) in [4.78, 5) is 16.0. The van der Waals surface area contributed by atoms with Gasteiger partial charge in [-0.1, -0.05) is 19.3 Å². The summed E-state index contributed by atoms with van der Waals surface area (Å²) < 4.78 is 0. The number of thiophene rings is 1. The first-order valence-electron chi connectivity index (χ1n) is 8.03. The van der Waals surface area contributed by atoms with Gasteiger partial charge in [0.1, 0.15) is 0 Å². The molecule has 1 aromatic rings. The number of carbonyl (C=O) groups is 1. The van der Waals surface area contributed by atoms with Crippen LogP contribution < -0.4 is 11.3 Å². The zero-order valence-electron chi connectivity index (χ0n) is 12.6. The zero-order valence-corrected chi connectivity index (χ0v) is 13.4. The van der Waals surface area contributed by atoms with Gasteiger partial charge in [-0.3, -0.25) is 15.1 Å². The van der Waals surface area contributed by atoms with E-state index in [9.17, 15) is 4.79 Å². The van der Waals surface area contributed by atoms with Crippen molar-refractivity contribution in [3.8, 4) is 0 Å². The fourth-order valence-corrected chi connectivity index (χ4v) is 4.82. The second-order valence-corrected chi connectivity index (χ2v) is 7.74.